The number of benzene rings is 2. The van der Waals surface area contributed by atoms with Crippen molar-refractivity contribution < 1.29 is 14.3 Å². The summed E-state index contributed by atoms with van der Waals surface area (Å²) in [6, 6.07) is 12.5. The molecule has 0 heterocycles. The summed E-state index contributed by atoms with van der Waals surface area (Å²) in [5, 5.41) is 3.25. The number of carbonyl (C=O) groups is 2. The third-order valence-electron chi connectivity index (χ3n) is 3.05. The molecule has 0 spiro atoms. The third-order valence-corrected chi connectivity index (χ3v) is 4.17. The van der Waals surface area contributed by atoms with Crippen molar-refractivity contribution in [1.82, 2.24) is 0 Å². The zero-order valence-electron chi connectivity index (χ0n) is 12.9. The highest BCUT2D eigenvalue weighted by Gasteiger charge is 2.06. The fourth-order valence-corrected chi connectivity index (χ4v) is 2.32. The summed E-state index contributed by atoms with van der Waals surface area (Å²) in [5.41, 5.74) is 2.41. The first-order valence-corrected chi connectivity index (χ1v) is 8.27. The highest BCUT2D eigenvalue weighted by Crippen LogP contribution is 2.19. The van der Waals surface area contributed by atoms with E-state index in [4.69, 9.17) is 16.3 Å². The number of halogens is 2. The standard InChI is InChI=1S/C18H15BrClNO3/c1-12-9-15(6-7-16(12)19)21-17(22)11-24-18(23)8-5-13-3-2-4-14(20)10-13/h2-10H,11H2,1H3,(H,21,22)/b8-5+. The first-order chi connectivity index (χ1) is 11.4. The van der Waals surface area contributed by atoms with E-state index in [0.29, 0.717) is 10.7 Å². The van der Waals surface area contributed by atoms with Gasteiger partial charge in [-0.1, -0.05) is 39.7 Å². The monoisotopic (exact) mass is 407 g/mol. The van der Waals surface area contributed by atoms with Gasteiger partial charge >= 0.3 is 5.97 Å². The second kappa shape index (κ2) is 8.66. The Bertz CT molecular complexity index is 790. The molecule has 2 aromatic carbocycles. The number of esters is 1. The maximum Gasteiger partial charge on any atom is 0.331 e. The quantitative estimate of drug-likeness (QED) is 0.581. The van der Waals surface area contributed by atoms with Gasteiger partial charge in [0.2, 0.25) is 0 Å². The van der Waals surface area contributed by atoms with Crippen molar-refractivity contribution in [2.75, 3.05) is 11.9 Å². The van der Waals surface area contributed by atoms with Gasteiger partial charge in [0.25, 0.3) is 5.91 Å². The van der Waals surface area contributed by atoms with Crippen molar-refractivity contribution in [3.63, 3.8) is 0 Å². The number of amides is 1. The van der Waals surface area contributed by atoms with Gasteiger partial charge in [-0.3, -0.25) is 4.79 Å². The molecule has 0 saturated heterocycles. The molecule has 0 fully saturated rings. The molecule has 0 aliphatic heterocycles. The van der Waals surface area contributed by atoms with Crippen LogP contribution in [0.1, 0.15) is 11.1 Å². The van der Waals surface area contributed by atoms with Crippen molar-refractivity contribution in [3.05, 3.63) is 69.2 Å². The second-order valence-corrected chi connectivity index (χ2v) is 6.30. The predicted molar refractivity (Wildman–Crippen MR) is 99.0 cm³/mol. The molecule has 0 radical (unpaired) electrons. The summed E-state index contributed by atoms with van der Waals surface area (Å²) in [6.45, 7) is 1.56. The van der Waals surface area contributed by atoms with E-state index in [0.717, 1.165) is 15.6 Å². The Kier molecular flexibility index (Phi) is 6.58. The van der Waals surface area contributed by atoms with Gasteiger partial charge in [-0.2, -0.15) is 0 Å². The predicted octanol–water partition coefficient (Wildman–Crippen LogP) is 4.61. The Hall–Kier alpha value is -2.11. The SMILES string of the molecule is Cc1cc(NC(=O)COC(=O)/C=C/c2cccc(Cl)c2)ccc1Br. The molecule has 6 heteroatoms. The number of hydrogen-bond acceptors (Lipinski definition) is 3. The van der Waals surface area contributed by atoms with Crippen molar-refractivity contribution in [1.29, 1.82) is 0 Å². The van der Waals surface area contributed by atoms with Crippen LogP contribution in [0.25, 0.3) is 6.08 Å². The molecule has 0 aromatic heterocycles. The first-order valence-electron chi connectivity index (χ1n) is 7.10. The van der Waals surface area contributed by atoms with Crippen LogP contribution in [0.3, 0.4) is 0 Å². The minimum absolute atomic E-state index is 0.353. The molecule has 0 aliphatic rings. The molecule has 1 N–H and O–H groups in total. The lowest BCUT2D eigenvalue weighted by molar-refractivity contribution is -0.142. The lowest BCUT2D eigenvalue weighted by atomic mass is 10.2. The van der Waals surface area contributed by atoms with Gasteiger partial charge in [-0.25, -0.2) is 4.79 Å². The van der Waals surface area contributed by atoms with Gasteiger partial charge in [0.05, 0.1) is 0 Å². The molecule has 4 nitrogen and oxygen atoms in total. The molecule has 0 unspecified atom stereocenters. The van der Waals surface area contributed by atoms with Gasteiger partial charge in [-0.05, 0) is 54.5 Å². The van der Waals surface area contributed by atoms with E-state index < -0.39 is 11.9 Å². The number of nitrogens with one attached hydrogen (secondary N) is 1. The maximum atomic E-state index is 11.8. The normalized spacial score (nSPS) is 10.6. The molecular weight excluding hydrogens is 394 g/mol. The van der Waals surface area contributed by atoms with E-state index in [-0.39, 0.29) is 6.61 Å². The largest absolute Gasteiger partial charge is 0.452 e. The number of hydrogen-bond donors (Lipinski definition) is 1. The lowest BCUT2D eigenvalue weighted by Crippen LogP contribution is -2.20. The molecule has 24 heavy (non-hydrogen) atoms. The smallest absolute Gasteiger partial charge is 0.331 e. The topological polar surface area (TPSA) is 55.4 Å². The van der Waals surface area contributed by atoms with Crippen LogP contribution in [0, 0.1) is 6.92 Å². The van der Waals surface area contributed by atoms with E-state index in [1.54, 1.807) is 36.4 Å². The van der Waals surface area contributed by atoms with Crippen LogP contribution in [-0.4, -0.2) is 18.5 Å². The lowest BCUT2D eigenvalue weighted by Gasteiger charge is -2.07. The Labute approximate surface area is 153 Å². The Morgan fingerprint density at radius 1 is 1.25 bits per heavy atom. The second-order valence-electron chi connectivity index (χ2n) is 5.01. The van der Waals surface area contributed by atoms with Crippen LogP contribution < -0.4 is 5.32 Å². The average Bonchev–Trinajstić information content (AvgIpc) is 2.54. The van der Waals surface area contributed by atoms with Crippen LogP contribution in [0.2, 0.25) is 5.02 Å². The molecule has 2 aromatic rings. The third kappa shape index (κ3) is 5.83. The fraction of sp³-hybridized carbons (Fsp3) is 0.111. The zero-order valence-corrected chi connectivity index (χ0v) is 15.2. The highest BCUT2D eigenvalue weighted by atomic mass is 79.9. The van der Waals surface area contributed by atoms with Crippen molar-refractivity contribution in [2.24, 2.45) is 0 Å². The summed E-state index contributed by atoms with van der Waals surface area (Å²) in [5.74, 6) is -1.00. The van der Waals surface area contributed by atoms with Crippen LogP contribution in [0.15, 0.2) is 53.0 Å². The number of anilines is 1. The number of ether oxygens (including phenoxy) is 1. The highest BCUT2D eigenvalue weighted by molar-refractivity contribution is 9.10. The molecule has 0 saturated carbocycles. The van der Waals surface area contributed by atoms with Gasteiger partial charge in [0.1, 0.15) is 0 Å². The Balaban J connectivity index is 1.82. The Morgan fingerprint density at radius 3 is 2.75 bits per heavy atom. The number of rotatable bonds is 5. The van der Waals surface area contributed by atoms with Crippen molar-refractivity contribution in [3.8, 4) is 0 Å². The van der Waals surface area contributed by atoms with Gasteiger partial charge < -0.3 is 10.1 Å². The fourth-order valence-electron chi connectivity index (χ4n) is 1.88. The molecular formula is C18H15BrClNO3. The van der Waals surface area contributed by atoms with E-state index in [9.17, 15) is 9.59 Å². The molecule has 0 atom stereocenters. The van der Waals surface area contributed by atoms with Gasteiger partial charge in [0.15, 0.2) is 6.61 Å². The zero-order chi connectivity index (χ0) is 17.5. The van der Waals surface area contributed by atoms with Crippen molar-refractivity contribution in [2.45, 2.75) is 6.92 Å². The minimum Gasteiger partial charge on any atom is -0.452 e. The summed E-state index contributed by atoms with van der Waals surface area (Å²) in [7, 11) is 0. The van der Waals surface area contributed by atoms with Gasteiger partial charge in [-0.15, -0.1) is 0 Å². The molecule has 124 valence electrons. The summed E-state index contributed by atoms with van der Waals surface area (Å²) < 4.78 is 5.86. The Morgan fingerprint density at radius 2 is 2.04 bits per heavy atom. The van der Waals surface area contributed by atoms with E-state index in [2.05, 4.69) is 21.2 Å². The molecule has 0 aliphatic carbocycles. The summed E-state index contributed by atoms with van der Waals surface area (Å²) in [6.07, 6.45) is 2.83. The first kappa shape index (κ1) is 18.2. The average molecular weight is 409 g/mol. The van der Waals surface area contributed by atoms with E-state index >= 15 is 0 Å². The van der Waals surface area contributed by atoms with E-state index in [1.807, 2.05) is 19.1 Å². The molecule has 2 rings (SSSR count). The minimum atomic E-state index is -0.600. The van der Waals surface area contributed by atoms with Crippen LogP contribution >= 0.6 is 27.5 Å². The summed E-state index contributed by atoms with van der Waals surface area (Å²) in [4.78, 5) is 23.4. The van der Waals surface area contributed by atoms with E-state index in [1.165, 1.54) is 6.08 Å². The summed E-state index contributed by atoms with van der Waals surface area (Å²) >= 11 is 9.24. The van der Waals surface area contributed by atoms with Crippen molar-refractivity contribution >= 4 is 51.2 Å². The molecule has 0 bridgehead atoms. The van der Waals surface area contributed by atoms with Gasteiger partial charge in [0, 0.05) is 21.3 Å². The maximum absolute atomic E-state index is 11.8. The van der Waals surface area contributed by atoms with Crippen LogP contribution in [0.5, 0.6) is 0 Å². The number of aryl methyl sites for hydroxylation is 1. The van der Waals surface area contributed by atoms with Crippen LogP contribution in [-0.2, 0) is 14.3 Å². The van der Waals surface area contributed by atoms with Crippen LogP contribution in [0.4, 0.5) is 5.69 Å². The molecule has 1 amide bonds. The number of carbonyl (C=O) groups excluding carboxylic acids is 2.